The third-order valence-electron chi connectivity index (χ3n) is 4.62. The minimum absolute atomic E-state index is 0.174. The standard InChI is InChI=1S/C16H23N5OS/c1-12(19(2)10-15-17-11-18-20(15)3)16(22)21-8-4-6-13(21)14-7-5-9-23-14/h5,7,9,11-13H,4,6,8,10H2,1-3H3/t12-,13+/m1/s1. The molecule has 2 aromatic rings. The second-order valence-corrected chi connectivity index (χ2v) is 7.08. The zero-order valence-electron chi connectivity index (χ0n) is 13.8. The van der Waals surface area contributed by atoms with Gasteiger partial charge in [0, 0.05) is 18.5 Å². The Morgan fingerprint density at radius 3 is 3.04 bits per heavy atom. The van der Waals surface area contributed by atoms with E-state index in [0.29, 0.717) is 6.54 Å². The van der Waals surface area contributed by atoms with Crippen LogP contribution in [0.25, 0.3) is 0 Å². The molecule has 1 fully saturated rings. The third-order valence-corrected chi connectivity index (χ3v) is 5.60. The van der Waals surface area contributed by atoms with Gasteiger partial charge in [0.25, 0.3) is 0 Å². The van der Waals surface area contributed by atoms with E-state index in [-0.39, 0.29) is 18.0 Å². The summed E-state index contributed by atoms with van der Waals surface area (Å²) in [5.41, 5.74) is 0. The molecular formula is C16H23N5OS. The first kappa shape index (κ1) is 16.1. The topological polar surface area (TPSA) is 54.3 Å². The summed E-state index contributed by atoms with van der Waals surface area (Å²) in [6.07, 6.45) is 3.68. The van der Waals surface area contributed by atoms with Crippen molar-refractivity contribution in [2.24, 2.45) is 7.05 Å². The monoisotopic (exact) mass is 333 g/mol. The lowest BCUT2D eigenvalue weighted by molar-refractivity contribution is -0.137. The molecule has 1 saturated heterocycles. The molecule has 0 N–H and O–H groups in total. The Morgan fingerprint density at radius 2 is 2.39 bits per heavy atom. The van der Waals surface area contributed by atoms with Crippen LogP contribution in [0, 0.1) is 0 Å². The van der Waals surface area contributed by atoms with Gasteiger partial charge in [0.15, 0.2) is 0 Å². The summed E-state index contributed by atoms with van der Waals surface area (Å²) in [5, 5.41) is 6.17. The number of carbonyl (C=O) groups excluding carboxylic acids is 1. The zero-order chi connectivity index (χ0) is 16.4. The summed E-state index contributed by atoms with van der Waals surface area (Å²) >= 11 is 1.74. The largest absolute Gasteiger partial charge is 0.333 e. The highest BCUT2D eigenvalue weighted by Crippen LogP contribution is 2.35. The SMILES string of the molecule is C[C@H](C(=O)N1CCC[C@H]1c1cccs1)N(C)Cc1ncnn1C. The Morgan fingerprint density at radius 1 is 1.57 bits per heavy atom. The van der Waals surface area contributed by atoms with E-state index >= 15 is 0 Å². The van der Waals surface area contributed by atoms with Gasteiger partial charge in [-0.15, -0.1) is 11.3 Å². The molecule has 0 bridgehead atoms. The summed E-state index contributed by atoms with van der Waals surface area (Å²) in [7, 11) is 3.84. The first-order valence-corrected chi connectivity index (χ1v) is 8.83. The summed E-state index contributed by atoms with van der Waals surface area (Å²) in [6.45, 7) is 3.44. The molecule has 1 amide bonds. The molecule has 0 saturated carbocycles. The quantitative estimate of drug-likeness (QED) is 0.840. The Kier molecular flexibility index (Phi) is 4.77. The number of rotatable bonds is 5. The van der Waals surface area contributed by atoms with E-state index in [4.69, 9.17) is 0 Å². The Balaban J connectivity index is 1.67. The van der Waals surface area contributed by atoms with Gasteiger partial charge >= 0.3 is 0 Å². The number of likely N-dealkylation sites (tertiary alicyclic amines) is 1. The second kappa shape index (κ2) is 6.80. The van der Waals surface area contributed by atoms with Crippen LogP contribution in [0.3, 0.4) is 0 Å². The first-order chi connectivity index (χ1) is 11.1. The molecule has 0 aliphatic carbocycles. The molecule has 0 spiro atoms. The van der Waals surface area contributed by atoms with Gasteiger partial charge in [-0.2, -0.15) is 5.10 Å². The van der Waals surface area contributed by atoms with Crippen molar-refractivity contribution < 1.29 is 4.79 Å². The maximum atomic E-state index is 13.0. The van der Waals surface area contributed by atoms with E-state index in [1.54, 1.807) is 22.3 Å². The van der Waals surface area contributed by atoms with Crippen LogP contribution in [-0.2, 0) is 18.4 Å². The second-order valence-electron chi connectivity index (χ2n) is 6.10. The first-order valence-electron chi connectivity index (χ1n) is 7.95. The maximum absolute atomic E-state index is 13.0. The number of hydrogen-bond donors (Lipinski definition) is 0. The van der Waals surface area contributed by atoms with Crippen LogP contribution in [-0.4, -0.2) is 50.1 Å². The fraction of sp³-hybridized carbons (Fsp3) is 0.562. The highest BCUT2D eigenvalue weighted by Gasteiger charge is 2.34. The van der Waals surface area contributed by atoms with Gasteiger partial charge in [-0.1, -0.05) is 6.07 Å². The molecule has 0 unspecified atom stereocenters. The summed E-state index contributed by atoms with van der Waals surface area (Å²) in [6, 6.07) is 4.26. The van der Waals surface area contributed by atoms with Crippen molar-refractivity contribution in [1.29, 1.82) is 0 Å². The van der Waals surface area contributed by atoms with Gasteiger partial charge in [0.1, 0.15) is 12.2 Å². The summed E-state index contributed by atoms with van der Waals surface area (Å²) in [4.78, 5) is 22.6. The van der Waals surface area contributed by atoms with Crippen molar-refractivity contribution in [3.8, 4) is 0 Å². The van der Waals surface area contributed by atoms with Crippen molar-refractivity contribution in [3.63, 3.8) is 0 Å². The van der Waals surface area contributed by atoms with Crippen LogP contribution in [0.15, 0.2) is 23.8 Å². The lowest BCUT2D eigenvalue weighted by atomic mass is 10.1. The number of likely N-dealkylation sites (N-methyl/N-ethyl adjacent to an activating group) is 1. The molecule has 6 nitrogen and oxygen atoms in total. The van der Waals surface area contributed by atoms with Crippen molar-refractivity contribution >= 4 is 17.2 Å². The molecule has 0 aromatic carbocycles. The molecule has 1 aliphatic heterocycles. The number of hydrogen-bond acceptors (Lipinski definition) is 5. The van der Waals surface area contributed by atoms with Crippen molar-refractivity contribution in [3.05, 3.63) is 34.5 Å². The van der Waals surface area contributed by atoms with Crippen LogP contribution in [0.1, 0.15) is 36.5 Å². The number of amides is 1. The molecular weight excluding hydrogens is 310 g/mol. The Labute approximate surface area is 140 Å². The average molecular weight is 333 g/mol. The minimum Gasteiger partial charge on any atom is -0.333 e. The van der Waals surface area contributed by atoms with Crippen molar-refractivity contribution in [1.82, 2.24) is 24.6 Å². The van der Waals surface area contributed by atoms with Crippen LogP contribution >= 0.6 is 11.3 Å². The molecule has 1 aliphatic rings. The highest BCUT2D eigenvalue weighted by molar-refractivity contribution is 7.10. The molecule has 23 heavy (non-hydrogen) atoms. The molecule has 3 heterocycles. The van der Waals surface area contributed by atoms with Gasteiger partial charge in [0.05, 0.1) is 18.6 Å². The maximum Gasteiger partial charge on any atom is 0.240 e. The van der Waals surface area contributed by atoms with Crippen molar-refractivity contribution in [2.75, 3.05) is 13.6 Å². The summed E-state index contributed by atoms with van der Waals surface area (Å²) < 4.78 is 1.75. The number of thiophene rings is 1. The van der Waals surface area contributed by atoms with Crippen LogP contribution < -0.4 is 0 Å². The van der Waals surface area contributed by atoms with E-state index in [0.717, 1.165) is 25.2 Å². The molecule has 3 rings (SSSR count). The van der Waals surface area contributed by atoms with Crippen molar-refractivity contribution in [2.45, 2.75) is 38.4 Å². The zero-order valence-corrected chi connectivity index (χ0v) is 14.7. The highest BCUT2D eigenvalue weighted by atomic mass is 32.1. The van der Waals surface area contributed by atoms with E-state index in [9.17, 15) is 4.79 Å². The van der Waals surface area contributed by atoms with E-state index < -0.39 is 0 Å². The average Bonchev–Trinajstić information content (AvgIpc) is 3.27. The molecule has 2 atom stereocenters. The predicted octanol–water partition coefficient (Wildman–Crippen LogP) is 2.06. The number of carbonyl (C=O) groups is 1. The van der Waals surface area contributed by atoms with Crippen LogP contribution in [0.5, 0.6) is 0 Å². The van der Waals surface area contributed by atoms with Crippen LogP contribution in [0.2, 0.25) is 0 Å². The van der Waals surface area contributed by atoms with E-state index in [1.807, 2.05) is 30.8 Å². The van der Waals surface area contributed by atoms with Gasteiger partial charge in [0.2, 0.25) is 5.91 Å². The summed E-state index contributed by atoms with van der Waals surface area (Å²) in [5.74, 6) is 1.06. The molecule has 0 radical (unpaired) electrons. The minimum atomic E-state index is -0.174. The lowest BCUT2D eigenvalue weighted by Crippen LogP contribution is -2.45. The smallest absolute Gasteiger partial charge is 0.240 e. The fourth-order valence-corrected chi connectivity index (χ4v) is 3.93. The van der Waals surface area contributed by atoms with E-state index in [1.165, 1.54) is 4.88 Å². The third kappa shape index (κ3) is 3.30. The van der Waals surface area contributed by atoms with Gasteiger partial charge < -0.3 is 4.90 Å². The normalized spacial score (nSPS) is 19.5. The lowest BCUT2D eigenvalue weighted by Gasteiger charge is -2.31. The molecule has 124 valence electrons. The van der Waals surface area contributed by atoms with Crippen LogP contribution in [0.4, 0.5) is 0 Å². The van der Waals surface area contributed by atoms with E-state index in [2.05, 4.69) is 27.6 Å². The molecule has 2 aromatic heterocycles. The molecule has 7 heteroatoms. The fourth-order valence-electron chi connectivity index (χ4n) is 3.06. The number of nitrogens with zero attached hydrogens (tertiary/aromatic N) is 5. The Bertz CT molecular complexity index is 653. The number of aryl methyl sites for hydroxylation is 1. The van der Waals surface area contributed by atoms with Gasteiger partial charge in [-0.05, 0) is 38.3 Å². The number of aromatic nitrogens is 3. The predicted molar refractivity (Wildman–Crippen MR) is 89.9 cm³/mol. The van der Waals surface area contributed by atoms with Gasteiger partial charge in [-0.25, -0.2) is 4.98 Å². The van der Waals surface area contributed by atoms with Gasteiger partial charge in [-0.3, -0.25) is 14.4 Å². The Hall–Kier alpha value is -1.73.